The zero-order valence-electron chi connectivity index (χ0n) is 8.55. The van der Waals surface area contributed by atoms with Crippen LogP contribution in [0.25, 0.3) is 0 Å². The molecule has 0 atom stereocenters. The third kappa shape index (κ3) is 2.90. The Kier molecular flexibility index (Phi) is 4.19. The van der Waals surface area contributed by atoms with Crippen molar-refractivity contribution in [2.45, 2.75) is 6.42 Å². The van der Waals surface area contributed by atoms with Gasteiger partial charge in [0.1, 0.15) is 0 Å². The van der Waals surface area contributed by atoms with Crippen LogP contribution < -0.4 is 4.90 Å². The highest BCUT2D eigenvalue weighted by Gasteiger charge is 2.18. The lowest BCUT2D eigenvalue weighted by Crippen LogP contribution is -2.20. The molecular weight excluding hydrogens is 276 g/mol. The van der Waals surface area contributed by atoms with Crippen molar-refractivity contribution in [3.8, 4) is 6.07 Å². The van der Waals surface area contributed by atoms with Gasteiger partial charge in [-0.1, -0.05) is 0 Å². The number of hydrogen-bond acceptors (Lipinski definition) is 5. The number of halogens is 1. The van der Waals surface area contributed by atoms with Crippen LogP contribution in [0.5, 0.6) is 0 Å². The summed E-state index contributed by atoms with van der Waals surface area (Å²) in [6.45, 7) is 0.409. The summed E-state index contributed by atoms with van der Waals surface area (Å²) >= 11 is 3.13. The Morgan fingerprint density at radius 2 is 2.44 bits per heavy atom. The van der Waals surface area contributed by atoms with Gasteiger partial charge in [-0.2, -0.15) is 5.26 Å². The largest absolute Gasteiger partial charge is 0.353 e. The van der Waals surface area contributed by atoms with Gasteiger partial charge in [-0.15, -0.1) is 0 Å². The molecule has 0 saturated carbocycles. The number of nitrogens with zero attached hydrogens (tertiary/aromatic N) is 4. The first-order valence-corrected chi connectivity index (χ1v) is 5.23. The fourth-order valence-electron chi connectivity index (χ4n) is 1.17. The Bertz CT molecular complexity index is 444. The van der Waals surface area contributed by atoms with Crippen molar-refractivity contribution in [1.82, 2.24) is 4.98 Å². The van der Waals surface area contributed by atoms with Gasteiger partial charge < -0.3 is 4.90 Å². The van der Waals surface area contributed by atoms with Gasteiger partial charge in [0.2, 0.25) is 5.82 Å². The highest BCUT2D eigenvalue weighted by molar-refractivity contribution is 9.10. The van der Waals surface area contributed by atoms with Crippen LogP contribution in [0.4, 0.5) is 11.5 Å². The number of pyridine rings is 1. The number of rotatable bonds is 4. The normalized spacial score (nSPS) is 9.56. The molecular formula is C9H9BrN4O2. The topological polar surface area (TPSA) is 83.1 Å². The molecule has 0 aliphatic heterocycles. The average molecular weight is 285 g/mol. The molecule has 0 N–H and O–H groups in total. The Hall–Kier alpha value is -1.68. The van der Waals surface area contributed by atoms with E-state index in [2.05, 4.69) is 20.9 Å². The van der Waals surface area contributed by atoms with Crippen LogP contribution in [0, 0.1) is 21.4 Å². The summed E-state index contributed by atoms with van der Waals surface area (Å²) < 4.78 is 0.552. The molecule has 16 heavy (non-hydrogen) atoms. The smallest absolute Gasteiger partial charge is 0.312 e. The number of aromatic nitrogens is 1. The van der Waals surface area contributed by atoms with Gasteiger partial charge in [0, 0.05) is 30.3 Å². The third-order valence-electron chi connectivity index (χ3n) is 1.93. The van der Waals surface area contributed by atoms with Crippen LogP contribution in [0.1, 0.15) is 6.42 Å². The number of hydrogen-bond donors (Lipinski definition) is 0. The van der Waals surface area contributed by atoms with Gasteiger partial charge in [-0.25, -0.2) is 4.98 Å². The number of nitro groups is 1. The molecule has 0 aliphatic rings. The third-order valence-corrected chi connectivity index (χ3v) is 2.36. The van der Waals surface area contributed by atoms with Gasteiger partial charge in [0.05, 0.1) is 17.4 Å². The van der Waals surface area contributed by atoms with E-state index >= 15 is 0 Å². The summed E-state index contributed by atoms with van der Waals surface area (Å²) in [4.78, 5) is 15.9. The van der Waals surface area contributed by atoms with Crippen LogP contribution in [0.15, 0.2) is 16.7 Å². The predicted molar refractivity (Wildman–Crippen MR) is 62.1 cm³/mol. The fraction of sp³-hybridized carbons (Fsp3) is 0.333. The monoisotopic (exact) mass is 284 g/mol. The molecule has 0 unspecified atom stereocenters. The maximum absolute atomic E-state index is 10.8. The molecule has 1 heterocycles. The van der Waals surface area contributed by atoms with E-state index in [0.29, 0.717) is 17.4 Å². The zero-order chi connectivity index (χ0) is 12.1. The number of nitriles is 1. The van der Waals surface area contributed by atoms with Gasteiger partial charge in [0.25, 0.3) is 0 Å². The minimum Gasteiger partial charge on any atom is -0.353 e. The maximum Gasteiger partial charge on any atom is 0.312 e. The lowest BCUT2D eigenvalue weighted by atomic mass is 10.3. The van der Waals surface area contributed by atoms with E-state index < -0.39 is 4.92 Å². The van der Waals surface area contributed by atoms with E-state index in [-0.39, 0.29) is 11.5 Å². The molecule has 1 aromatic rings. The van der Waals surface area contributed by atoms with Crippen LogP contribution in [0.2, 0.25) is 0 Å². The van der Waals surface area contributed by atoms with Crippen LogP contribution >= 0.6 is 15.9 Å². The molecule has 1 aromatic heterocycles. The molecule has 0 aliphatic carbocycles. The SMILES string of the molecule is CN(CCC#N)c1ncc(Br)cc1[N+](=O)[O-]. The molecule has 0 bridgehead atoms. The van der Waals surface area contributed by atoms with E-state index in [0.717, 1.165) is 0 Å². The summed E-state index contributed by atoms with van der Waals surface area (Å²) in [6.07, 6.45) is 1.79. The standard InChI is InChI=1S/C9H9BrN4O2/c1-13(4-2-3-11)9-8(14(15)16)5-7(10)6-12-9/h5-6H,2,4H2,1H3. The fourth-order valence-corrected chi connectivity index (χ4v) is 1.49. The van der Waals surface area contributed by atoms with Crippen LogP contribution in [-0.2, 0) is 0 Å². The molecule has 84 valence electrons. The first-order chi connectivity index (χ1) is 7.56. The number of anilines is 1. The molecule has 0 saturated heterocycles. The Morgan fingerprint density at radius 1 is 1.75 bits per heavy atom. The predicted octanol–water partition coefficient (Wildman–Crippen LogP) is 2.10. The van der Waals surface area contributed by atoms with E-state index in [9.17, 15) is 10.1 Å². The van der Waals surface area contributed by atoms with Crippen molar-refractivity contribution >= 4 is 27.4 Å². The second-order valence-electron chi connectivity index (χ2n) is 3.08. The molecule has 0 fully saturated rings. The second-order valence-corrected chi connectivity index (χ2v) is 4.00. The molecule has 0 aromatic carbocycles. The first-order valence-electron chi connectivity index (χ1n) is 4.44. The van der Waals surface area contributed by atoms with Crippen LogP contribution in [-0.4, -0.2) is 23.5 Å². The maximum atomic E-state index is 10.8. The summed E-state index contributed by atoms with van der Waals surface area (Å²) in [5, 5.41) is 19.3. The lowest BCUT2D eigenvalue weighted by Gasteiger charge is -2.15. The summed E-state index contributed by atoms with van der Waals surface area (Å²) in [5.41, 5.74) is -0.0742. The highest BCUT2D eigenvalue weighted by atomic mass is 79.9. The van der Waals surface area contributed by atoms with Crippen molar-refractivity contribution in [1.29, 1.82) is 5.26 Å². The molecule has 6 nitrogen and oxygen atoms in total. The minimum atomic E-state index is -0.490. The van der Waals surface area contributed by atoms with Gasteiger partial charge >= 0.3 is 5.69 Å². The second kappa shape index (κ2) is 5.42. The van der Waals surface area contributed by atoms with E-state index in [1.807, 2.05) is 6.07 Å². The summed E-state index contributed by atoms with van der Waals surface area (Å²) in [5.74, 6) is 0.267. The highest BCUT2D eigenvalue weighted by Crippen LogP contribution is 2.27. The minimum absolute atomic E-state index is 0.0742. The van der Waals surface area contributed by atoms with E-state index in [4.69, 9.17) is 5.26 Å². The van der Waals surface area contributed by atoms with Gasteiger partial charge in [-0.05, 0) is 15.9 Å². The molecule has 1 rings (SSSR count). The lowest BCUT2D eigenvalue weighted by molar-refractivity contribution is -0.384. The van der Waals surface area contributed by atoms with Gasteiger partial charge in [0.15, 0.2) is 0 Å². The quantitative estimate of drug-likeness (QED) is 0.625. The first kappa shape index (κ1) is 12.4. The van der Waals surface area contributed by atoms with Crippen molar-refractivity contribution in [3.05, 3.63) is 26.9 Å². The molecule has 7 heteroatoms. The van der Waals surface area contributed by atoms with E-state index in [1.165, 1.54) is 12.3 Å². The van der Waals surface area contributed by atoms with E-state index in [1.54, 1.807) is 11.9 Å². The zero-order valence-corrected chi connectivity index (χ0v) is 10.1. The Balaban J connectivity index is 3.03. The summed E-state index contributed by atoms with van der Waals surface area (Å²) in [6, 6.07) is 3.37. The van der Waals surface area contributed by atoms with Crippen molar-refractivity contribution < 1.29 is 4.92 Å². The van der Waals surface area contributed by atoms with Crippen molar-refractivity contribution in [2.24, 2.45) is 0 Å². The van der Waals surface area contributed by atoms with Crippen molar-refractivity contribution in [2.75, 3.05) is 18.5 Å². The van der Waals surface area contributed by atoms with Crippen molar-refractivity contribution in [3.63, 3.8) is 0 Å². The van der Waals surface area contributed by atoms with Gasteiger partial charge in [-0.3, -0.25) is 10.1 Å². The molecule has 0 amide bonds. The summed E-state index contributed by atoms with van der Waals surface area (Å²) in [7, 11) is 1.67. The Labute approximate surface area is 101 Å². The molecule has 0 radical (unpaired) electrons. The molecule has 0 spiro atoms. The Morgan fingerprint density at radius 3 is 3.00 bits per heavy atom. The van der Waals surface area contributed by atoms with Crippen LogP contribution in [0.3, 0.4) is 0 Å². The average Bonchev–Trinajstić information content (AvgIpc) is 2.25.